The fourth-order valence-electron chi connectivity index (χ4n) is 3.87. The Hall–Kier alpha value is -2.12. The van der Waals surface area contributed by atoms with Gasteiger partial charge >= 0.3 is 12.1 Å². The number of carbonyl (C=O) groups excluding carboxylic acids is 1. The average molecular weight is 328 g/mol. The van der Waals surface area contributed by atoms with Crippen molar-refractivity contribution >= 4 is 11.6 Å². The van der Waals surface area contributed by atoms with Gasteiger partial charge in [0.15, 0.2) is 0 Å². The third-order valence-corrected chi connectivity index (χ3v) is 5.16. The number of alkyl halides is 3. The Morgan fingerprint density at radius 1 is 1.26 bits per heavy atom. The van der Waals surface area contributed by atoms with Gasteiger partial charge in [-0.15, -0.1) is 0 Å². The molecule has 1 aromatic carbocycles. The number of non-ortho nitro benzene ring substituents is 1. The van der Waals surface area contributed by atoms with Crippen LogP contribution in [0, 0.1) is 15.5 Å². The van der Waals surface area contributed by atoms with Gasteiger partial charge in [0.2, 0.25) is 0 Å². The van der Waals surface area contributed by atoms with Crippen molar-refractivity contribution in [2.24, 2.45) is 5.41 Å². The Morgan fingerprint density at radius 3 is 2.35 bits per heavy atom. The number of likely N-dealkylation sites (tertiary alicyclic amines) is 1. The minimum absolute atomic E-state index is 0.0212. The van der Waals surface area contributed by atoms with E-state index in [1.165, 1.54) is 12.1 Å². The molecule has 3 rings (SSSR count). The lowest BCUT2D eigenvalue weighted by atomic mass is 9.70. The summed E-state index contributed by atoms with van der Waals surface area (Å²) in [7, 11) is 0. The number of rotatable bonds is 1. The third-order valence-electron chi connectivity index (χ3n) is 5.16. The Morgan fingerprint density at radius 2 is 1.83 bits per heavy atom. The van der Waals surface area contributed by atoms with Crippen LogP contribution in [-0.4, -0.2) is 35.0 Å². The van der Waals surface area contributed by atoms with Crippen LogP contribution in [0.4, 0.5) is 18.9 Å². The Kier molecular flexibility index (Phi) is 3.21. The van der Waals surface area contributed by atoms with Gasteiger partial charge in [0.25, 0.3) is 5.69 Å². The molecule has 1 heterocycles. The molecule has 2 atom stereocenters. The number of nitro benzene ring substituents is 1. The summed E-state index contributed by atoms with van der Waals surface area (Å²) in [5, 5.41) is 11.0. The lowest BCUT2D eigenvalue weighted by molar-refractivity contribution is -0.384. The molecule has 2 bridgehead atoms. The highest BCUT2D eigenvalue weighted by molar-refractivity contribution is 5.82. The summed E-state index contributed by atoms with van der Waals surface area (Å²) in [6.07, 6.45) is -4.90. The number of carbonyl (C=O) groups is 1. The van der Waals surface area contributed by atoms with Crippen molar-refractivity contribution in [2.75, 3.05) is 13.1 Å². The molecule has 0 spiro atoms. The summed E-state index contributed by atoms with van der Waals surface area (Å²) >= 11 is 0. The van der Waals surface area contributed by atoms with Gasteiger partial charge in [0.05, 0.1) is 4.92 Å². The van der Waals surface area contributed by atoms with Crippen LogP contribution in [0.3, 0.4) is 0 Å². The van der Waals surface area contributed by atoms with Crippen molar-refractivity contribution in [1.29, 1.82) is 0 Å². The minimum atomic E-state index is -4.90. The first kappa shape index (κ1) is 15.8. The van der Waals surface area contributed by atoms with Gasteiger partial charge in [-0.05, 0) is 16.5 Å². The summed E-state index contributed by atoms with van der Waals surface area (Å²) in [4.78, 5) is 22.8. The quantitative estimate of drug-likeness (QED) is 0.587. The molecule has 1 aliphatic carbocycles. The predicted molar refractivity (Wildman–Crippen MR) is 75.0 cm³/mol. The van der Waals surface area contributed by atoms with Crippen molar-refractivity contribution in [3.63, 3.8) is 0 Å². The van der Waals surface area contributed by atoms with E-state index in [2.05, 4.69) is 0 Å². The summed E-state index contributed by atoms with van der Waals surface area (Å²) in [5.74, 6) is -2.45. The van der Waals surface area contributed by atoms with Gasteiger partial charge in [-0.2, -0.15) is 13.2 Å². The molecule has 0 aromatic heterocycles. The van der Waals surface area contributed by atoms with Crippen LogP contribution in [0.2, 0.25) is 0 Å². The van der Waals surface area contributed by atoms with Crippen LogP contribution < -0.4 is 0 Å². The molecular weight excluding hydrogens is 313 g/mol. The van der Waals surface area contributed by atoms with E-state index in [0.717, 1.165) is 10.5 Å². The zero-order valence-electron chi connectivity index (χ0n) is 12.6. The third kappa shape index (κ3) is 2.27. The monoisotopic (exact) mass is 328 g/mol. The normalized spacial score (nSPS) is 25.2. The molecule has 5 nitrogen and oxygen atoms in total. The molecule has 1 aliphatic heterocycles. The van der Waals surface area contributed by atoms with Crippen LogP contribution in [-0.2, 0) is 4.79 Å². The number of benzene rings is 1. The number of fused-ring (bicyclic) bond motifs is 5. The van der Waals surface area contributed by atoms with E-state index in [-0.39, 0.29) is 36.0 Å². The Labute approximate surface area is 130 Å². The highest BCUT2D eigenvalue weighted by atomic mass is 19.4. The molecule has 1 fully saturated rings. The maximum atomic E-state index is 12.7. The first-order valence-corrected chi connectivity index (χ1v) is 7.18. The molecule has 0 saturated carbocycles. The van der Waals surface area contributed by atoms with Crippen molar-refractivity contribution in [3.05, 3.63) is 39.4 Å². The molecule has 1 aromatic rings. The molecule has 124 valence electrons. The van der Waals surface area contributed by atoms with Crippen LogP contribution in [0.15, 0.2) is 18.2 Å². The first-order valence-electron chi connectivity index (χ1n) is 7.18. The maximum Gasteiger partial charge on any atom is 0.471 e. The van der Waals surface area contributed by atoms with Gasteiger partial charge < -0.3 is 4.90 Å². The second-order valence-electron chi connectivity index (χ2n) is 6.70. The Balaban J connectivity index is 2.02. The van der Waals surface area contributed by atoms with E-state index < -0.39 is 17.0 Å². The molecule has 23 heavy (non-hydrogen) atoms. The van der Waals surface area contributed by atoms with E-state index in [1.54, 1.807) is 6.07 Å². The van der Waals surface area contributed by atoms with Crippen molar-refractivity contribution in [2.45, 2.75) is 31.9 Å². The number of hydrogen-bond donors (Lipinski definition) is 0. The second kappa shape index (κ2) is 4.69. The highest BCUT2D eigenvalue weighted by Crippen LogP contribution is 2.58. The molecule has 0 radical (unpaired) electrons. The smallest absolute Gasteiger partial charge is 0.334 e. The average Bonchev–Trinajstić information content (AvgIpc) is 2.59. The maximum absolute atomic E-state index is 12.7. The SMILES string of the molecule is CC1(C)C2CN(C(=O)C(F)(F)F)CC1c1cc([N+](=O)[O-])ccc12. The molecule has 2 aliphatic rings. The van der Waals surface area contributed by atoms with Crippen molar-refractivity contribution in [1.82, 2.24) is 4.90 Å². The van der Waals surface area contributed by atoms with Crippen LogP contribution in [0.1, 0.15) is 36.8 Å². The number of piperidine rings is 1. The summed E-state index contributed by atoms with van der Waals surface area (Å²) in [5.41, 5.74) is 1.07. The zero-order valence-corrected chi connectivity index (χ0v) is 12.6. The topological polar surface area (TPSA) is 63.5 Å². The van der Waals surface area contributed by atoms with Crippen molar-refractivity contribution < 1.29 is 22.9 Å². The van der Waals surface area contributed by atoms with E-state index in [9.17, 15) is 28.1 Å². The van der Waals surface area contributed by atoms with Gasteiger partial charge in [0, 0.05) is 37.1 Å². The largest absolute Gasteiger partial charge is 0.471 e. The number of nitro groups is 1. The highest BCUT2D eigenvalue weighted by Gasteiger charge is 2.55. The van der Waals surface area contributed by atoms with Crippen LogP contribution in [0.25, 0.3) is 0 Å². The molecular formula is C15H15F3N2O3. The standard InChI is InChI=1S/C15H15F3N2O3/c1-14(2)11-6-19(13(21)15(16,17)18)7-12(14)10-5-8(20(22)23)3-4-9(10)11/h3-5,11-12H,6-7H2,1-2H3. The first-order chi connectivity index (χ1) is 10.5. The number of amides is 1. The second-order valence-corrected chi connectivity index (χ2v) is 6.70. The van der Waals surface area contributed by atoms with E-state index in [0.29, 0.717) is 5.56 Å². The van der Waals surface area contributed by atoms with E-state index in [4.69, 9.17) is 0 Å². The fraction of sp³-hybridized carbons (Fsp3) is 0.533. The number of halogens is 3. The molecule has 1 saturated heterocycles. The fourth-order valence-corrected chi connectivity index (χ4v) is 3.87. The lowest BCUT2D eigenvalue weighted by Gasteiger charge is -2.44. The summed E-state index contributed by atoms with van der Waals surface area (Å²) < 4.78 is 38.2. The summed E-state index contributed by atoms with van der Waals surface area (Å²) in [6.45, 7) is 3.77. The predicted octanol–water partition coefficient (Wildman–Crippen LogP) is 3.21. The zero-order chi connectivity index (χ0) is 17.2. The molecule has 1 amide bonds. The van der Waals surface area contributed by atoms with Gasteiger partial charge in [0.1, 0.15) is 0 Å². The molecule has 8 heteroatoms. The van der Waals surface area contributed by atoms with Crippen molar-refractivity contribution in [3.8, 4) is 0 Å². The Bertz CT molecular complexity index is 700. The van der Waals surface area contributed by atoms with Crippen LogP contribution in [0.5, 0.6) is 0 Å². The van der Waals surface area contributed by atoms with E-state index in [1.807, 2.05) is 13.8 Å². The lowest BCUT2D eigenvalue weighted by Crippen LogP contribution is -2.51. The van der Waals surface area contributed by atoms with Gasteiger partial charge in [-0.1, -0.05) is 19.9 Å². The van der Waals surface area contributed by atoms with Crippen LogP contribution >= 0.6 is 0 Å². The van der Waals surface area contributed by atoms with Gasteiger partial charge in [-0.3, -0.25) is 14.9 Å². The number of nitrogens with zero attached hydrogens (tertiary/aromatic N) is 2. The van der Waals surface area contributed by atoms with E-state index >= 15 is 0 Å². The molecule has 0 N–H and O–H groups in total. The molecule has 2 unspecified atom stereocenters. The van der Waals surface area contributed by atoms with Gasteiger partial charge in [-0.25, -0.2) is 0 Å². The summed E-state index contributed by atoms with van der Waals surface area (Å²) in [6, 6.07) is 4.41. The minimum Gasteiger partial charge on any atom is -0.334 e. The number of hydrogen-bond acceptors (Lipinski definition) is 3.